The van der Waals surface area contributed by atoms with Gasteiger partial charge in [0, 0.05) is 5.54 Å². The highest BCUT2D eigenvalue weighted by molar-refractivity contribution is 5.74. The van der Waals surface area contributed by atoms with Gasteiger partial charge in [0.25, 0.3) is 0 Å². The van der Waals surface area contributed by atoms with Crippen molar-refractivity contribution in [3.8, 4) is 0 Å². The van der Waals surface area contributed by atoms with Crippen LogP contribution >= 0.6 is 0 Å². The van der Waals surface area contributed by atoms with E-state index in [0.29, 0.717) is 5.92 Å². The molecule has 1 saturated carbocycles. The van der Waals surface area contributed by atoms with Gasteiger partial charge in [-0.15, -0.1) is 0 Å². The first-order valence-electron chi connectivity index (χ1n) is 3.62. The zero-order valence-electron chi connectivity index (χ0n) is 5.92. The van der Waals surface area contributed by atoms with Crippen molar-refractivity contribution < 1.29 is 9.90 Å². The van der Waals surface area contributed by atoms with E-state index >= 15 is 0 Å². The summed E-state index contributed by atoms with van der Waals surface area (Å²) in [6, 6.07) is -0.274. The van der Waals surface area contributed by atoms with Gasteiger partial charge in [0.05, 0.1) is 0 Å². The minimum Gasteiger partial charge on any atom is -0.480 e. The van der Waals surface area contributed by atoms with Crippen LogP contribution < -0.4 is 5.32 Å². The van der Waals surface area contributed by atoms with E-state index < -0.39 is 5.97 Å². The summed E-state index contributed by atoms with van der Waals surface area (Å²) in [6.45, 7) is 2.10. The number of carboxylic acids is 1. The molecule has 1 saturated heterocycles. The van der Waals surface area contributed by atoms with Crippen LogP contribution in [0.15, 0.2) is 0 Å². The molecular formula is C7H11NO2. The highest BCUT2D eigenvalue weighted by atomic mass is 16.4. The predicted molar refractivity (Wildman–Crippen MR) is 35.7 cm³/mol. The number of fused-ring (bicyclic) bond motifs is 1. The van der Waals surface area contributed by atoms with Crippen LogP contribution in [-0.4, -0.2) is 22.7 Å². The molecular weight excluding hydrogens is 130 g/mol. The summed E-state index contributed by atoms with van der Waals surface area (Å²) in [4.78, 5) is 10.4. The van der Waals surface area contributed by atoms with Crippen molar-refractivity contribution in [2.75, 3.05) is 0 Å². The van der Waals surface area contributed by atoms with Crippen molar-refractivity contribution in [1.29, 1.82) is 0 Å². The van der Waals surface area contributed by atoms with Crippen LogP contribution in [0.5, 0.6) is 0 Å². The molecule has 2 aliphatic rings. The van der Waals surface area contributed by atoms with E-state index in [4.69, 9.17) is 5.11 Å². The van der Waals surface area contributed by atoms with Gasteiger partial charge < -0.3 is 5.11 Å². The number of piperidine rings is 1. The van der Waals surface area contributed by atoms with Gasteiger partial charge in [-0.25, -0.2) is 0 Å². The van der Waals surface area contributed by atoms with E-state index in [1.165, 1.54) is 0 Å². The minimum absolute atomic E-state index is 0.184. The minimum atomic E-state index is -0.701. The summed E-state index contributed by atoms with van der Waals surface area (Å²) in [5.74, 6) is -0.0676. The lowest BCUT2D eigenvalue weighted by molar-refractivity contribution is -0.139. The summed E-state index contributed by atoms with van der Waals surface area (Å²) in [6.07, 6.45) is 1.99. The first-order chi connectivity index (χ1) is 4.62. The molecule has 2 N–H and O–H groups in total. The van der Waals surface area contributed by atoms with Crippen molar-refractivity contribution >= 4 is 5.97 Å². The Bertz CT molecular complexity index is 192. The second-order valence-electron chi connectivity index (χ2n) is 3.59. The largest absolute Gasteiger partial charge is 0.480 e. The number of hydrogen-bond acceptors (Lipinski definition) is 2. The molecule has 1 heterocycles. The van der Waals surface area contributed by atoms with Gasteiger partial charge in [-0.1, -0.05) is 0 Å². The van der Waals surface area contributed by atoms with Gasteiger partial charge in [0.1, 0.15) is 6.04 Å². The van der Waals surface area contributed by atoms with Crippen molar-refractivity contribution in [3.05, 3.63) is 0 Å². The van der Waals surface area contributed by atoms with Gasteiger partial charge in [-0.05, 0) is 25.7 Å². The summed E-state index contributed by atoms with van der Waals surface area (Å²) < 4.78 is 0. The lowest BCUT2D eigenvalue weighted by Crippen LogP contribution is -2.38. The fraction of sp³-hybridized carbons (Fsp3) is 0.857. The molecule has 0 radical (unpaired) electrons. The van der Waals surface area contributed by atoms with E-state index in [2.05, 4.69) is 12.2 Å². The molecule has 0 aromatic carbocycles. The van der Waals surface area contributed by atoms with Gasteiger partial charge in [0.15, 0.2) is 0 Å². The lowest BCUT2D eigenvalue weighted by atomic mass is 10.2. The zero-order chi connectivity index (χ0) is 7.35. The third kappa shape index (κ3) is 0.669. The van der Waals surface area contributed by atoms with Crippen LogP contribution in [-0.2, 0) is 4.79 Å². The maximum absolute atomic E-state index is 10.4. The quantitative estimate of drug-likeness (QED) is 0.549. The molecule has 0 spiro atoms. The third-order valence-corrected chi connectivity index (χ3v) is 2.73. The number of carboxylic acid groups (broad SMARTS) is 1. The second-order valence-corrected chi connectivity index (χ2v) is 3.59. The Hall–Kier alpha value is -0.570. The molecule has 0 bridgehead atoms. The Morgan fingerprint density at radius 1 is 1.80 bits per heavy atom. The van der Waals surface area contributed by atoms with Gasteiger partial charge >= 0.3 is 5.97 Å². The Morgan fingerprint density at radius 3 is 2.80 bits per heavy atom. The molecule has 2 rings (SSSR count). The predicted octanol–water partition coefficient (Wildman–Crippen LogP) is 0.212. The molecule has 0 amide bonds. The Labute approximate surface area is 59.4 Å². The number of nitrogens with one attached hydrogen (secondary N) is 1. The molecule has 3 atom stereocenters. The molecule has 1 aliphatic heterocycles. The van der Waals surface area contributed by atoms with Crippen LogP contribution in [0.1, 0.15) is 19.8 Å². The number of carbonyl (C=O) groups is 1. The molecule has 56 valence electrons. The maximum atomic E-state index is 10.4. The first-order valence-corrected chi connectivity index (χ1v) is 3.62. The van der Waals surface area contributed by atoms with Crippen molar-refractivity contribution in [2.24, 2.45) is 5.92 Å². The van der Waals surface area contributed by atoms with Crippen molar-refractivity contribution in [2.45, 2.75) is 31.3 Å². The fourth-order valence-electron chi connectivity index (χ4n) is 1.88. The summed E-state index contributed by atoms with van der Waals surface area (Å²) >= 11 is 0. The Morgan fingerprint density at radius 2 is 2.50 bits per heavy atom. The van der Waals surface area contributed by atoms with E-state index in [1.54, 1.807) is 0 Å². The zero-order valence-corrected chi connectivity index (χ0v) is 5.92. The van der Waals surface area contributed by atoms with Crippen LogP contribution in [0.4, 0.5) is 0 Å². The third-order valence-electron chi connectivity index (χ3n) is 2.73. The summed E-state index contributed by atoms with van der Waals surface area (Å²) in [7, 11) is 0. The van der Waals surface area contributed by atoms with E-state index in [1.807, 2.05) is 0 Å². The topological polar surface area (TPSA) is 49.3 Å². The van der Waals surface area contributed by atoms with Crippen molar-refractivity contribution in [1.82, 2.24) is 5.32 Å². The first kappa shape index (κ1) is 6.16. The SMILES string of the molecule is CC12CC1CC(C(=O)O)N2. The number of aliphatic carboxylic acids is 1. The fourth-order valence-corrected chi connectivity index (χ4v) is 1.88. The smallest absolute Gasteiger partial charge is 0.320 e. The molecule has 0 aromatic rings. The van der Waals surface area contributed by atoms with Crippen LogP contribution in [0.3, 0.4) is 0 Å². The molecule has 3 unspecified atom stereocenters. The van der Waals surface area contributed by atoms with Gasteiger partial charge in [-0.2, -0.15) is 0 Å². The van der Waals surface area contributed by atoms with Gasteiger partial charge in [-0.3, -0.25) is 10.1 Å². The molecule has 3 nitrogen and oxygen atoms in total. The normalized spacial score (nSPS) is 50.5. The second kappa shape index (κ2) is 1.53. The number of hydrogen-bond donors (Lipinski definition) is 2. The highest BCUT2D eigenvalue weighted by Gasteiger charge is 2.57. The molecule has 0 aromatic heterocycles. The average molecular weight is 141 g/mol. The molecule has 3 heteroatoms. The maximum Gasteiger partial charge on any atom is 0.320 e. The lowest BCUT2D eigenvalue weighted by Gasteiger charge is -2.10. The van der Waals surface area contributed by atoms with Crippen LogP contribution in [0.25, 0.3) is 0 Å². The highest BCUT2D eigenvalue weighted by Crippen LogP contribution is 2.51. The van der Waals surface area contributed by atoms with E-state index in [-0.39, 0.29) is 11.6 Å². The van der Waals surface area contributed by atoms with Crippen molar-refractivity contribution in [3.63, 3.8) is 0 Å². The van der Waals surface area contributed by atoms with E-state index in [9.17, 15) is 4.79 Å². The molecule has 1 aliphatic carbocycles. The van der Waals surface area contributed by atoms with Crippen LogP contribution in [0, 0.1) is 5.92 Å². The number of rotatable bonds is 1. The standard InChI is InChI=1S/C7H11NO2/c1-7-3-4(7)2-5(8-7)6(9)10/h4-5,8H,2-3H2,1H3,(H,9,10). The molecule has 10 heavy (non-hydrogen) atoms. The van der Waals surface area contributed by atoms with E-state index in [0.717, 1.165) is 12.8 Å². The monoisotopic (exact) mass is 141 g/mol. The summed E-state index contributed by atoms with van der Waals surface area (Å²) in [5, 5.41) is 11.7. The Balaban J connectivity index is 2.04. The molecule has 2 fully saturated rings. The van der Waals surface area contributed by atoms with Crippen LogP contribution in [0.2, 0.25) is 0 Å². The van der Waals surface area contributed by atoms with Gasteiger partial charge in [0.2, 0.25) is 0 Å². The average Bonchev–Trinajstić information content (AvgIpc) is 2.32. The Kier molecular flexibility index (Phi) is 0.944. The summed E-state index contributed by atoms with van der Waals surface area (Å²) in [5.41, 5.74) is 0.184.